The van der Waals surface area contributed by atoms with Gasteiger partial charge in [0.25, 0.3) is 0 Å². The van der Waals surface area contributed by atoms with E-state index >= 15 is 0 Å². The van der Waals surface area contributed by atoms with Crippen LogP contribution >= 0.6 is 0 Å². The third-order valence-electron chi connectivity index (χ3n) is 0.631. The van der Waals surface area contributed by atoms with Crippen LogP contribution < -0.4 is 5.73 Å². The molecule has 0 radical (unpaired) electrons. The molecular weight excluding hydrogens is 349 g/mol. The van der Waals surface area contributed by atoms with Crippen molar-refractivity contribution in [3.05, 3.63) is 0 Å². The fourth-order valence-electron chi connectivity index (χ4n) is 0.269. The fraction of sp³-hybridized carbons (Fsp3) is 1.00. The number of unbranched alkanes of at least 4 members (excludes halogenated alkanes) is 1. The first-order valence-corrected chi connectivity index (χ1v) is 9.00. The van der Waals surface area contributed by atoms with Crippen molar-refractivity contribution in [2.45, 2.75) is 38.0 Å². The second kappa shape index (κ2) is 44.7. The van der Waals surface area contributed by atoms with Crippen molar-refractivity contribution in [2.75, 3.05) is 23.8 Å². The number of rotatable bonds is 3. The maximum atomic E-state index is 5.22. The molecule has 0 aromatic rings. The minimum atomic E-state index is 0.833. The van der Waals surface area contributed by atoms with Crippen LogP contribution in [0.25, 0.3) is 0 Å². The van der Waals surface area contributed by atoms with Crippen molar-refractivity contribution >= 4 is 60.4 Å². The molecule has 0 unspecified atom stereocenters. The molecular formula is C10H25NS3Sn. The Labute approximate surface area is 127 Å². The van der Waals surface area contributed by atoms with Crippen LogP contribution in [0.3, 0.4) is 0 Å². The third kappa shape index (κ3) is 130. The van der Waals surface area contributed by atoms with Gasteiger partial charge in [-0.15, -0.1) is 0 Å². The summed E-state index contributed by atoms with van der Waals surface area (Å²) < 4.78 is 1.36. The van der Waals surface area contributed by atoms with Crippen LogP contribution in [-0.4, -0.2) is 46.3 Å². The summed E-state index contributed by atoms with van der Waals surface area (Å²) in [5.74, 6) is 2.50. The molecule has 2 N–H and O–H groups in total. The molecule has 0 heterocycles. The molecule has 0 aliphatic heterocycles. The van der Waals surface area contributed by atoms with Gasteiger partial charge < -0.3 is 37.9 Å². The minimum absolute atomic E-state index is 0.833. The van der Waals surface area contributed by atoms with Crippen LogP contribution in [0.15, 0.2) is 0 Å². The molecule has 0 spiro atoms. The first-order valence-electron chi connectivity index (χ1n) is 5.25. The van der Waals surface area contributed by atoms with Crippen molar-refractivity contribution < 1.29 is 0 Å². The van der Waals surface area contributed by atoms with Gasteiger partial charge in [-0.25, -0.2) is 0 Å². The second-order valence-electron chi connectivity index (χ2n) is 2.11. The van der Waals surface area contributed by atoms with E-state index in [4.69, 9.17) is 5.73 Å². The van der Waals surface area contributed by atoms with E-state index < -0.39 is 0 Å². The average Bonchev–Trinajstić information content (AvgIpc) is 2.18. The molecule has 0 amide bonds. The Morgan fingerprint density at radius 3 is 1.20 bits per heavy atom. The standard InChI is InChI=1S/C4H10N.3C2H6S.Sn/c1-2-3-4-5;3*1-2-3;/h1-5H2;3*3H,2H2,1H3;/q;;;;+3/p-3. The van der Waals surface area contributed by atoms with E-state index in [0.717, 1.165) is 23.8 Å². The zero-order valence-electron chi connectivity index (χ0n) is 10.3. The summed E-state index contributed by atoms with van der Waals surface area (Å²) in [5.41, 5.74) is 5.22. The molecule has 0 bridgehead atoms. The van der Waals surface area contributed by atoms with E-state index in [1.54, 1.807) is 22.5 Å². The third-order valence-corrected chi connectivity index (χ3v) is 1.64. The van der Waals surface area contributed by atoms with Crippen molar-refractivity contribution in [2.24, 2.45) is 5.73 Å². The molecule has 0 aliphatic rings. The van der Waals surface area contributed by atoms with E-state index in [1.807, 2.05) is 20.8 Å². The van der Waals surface area contributed by atoms with Gasteiger partial charge in [-0.05, 0) is 0 Å². The van der Waals surface area contributed by atoms with E-state index in [1.165, 1.54) is 17.3 Å². The zero-order valence-corrected chi connectivity index (χ0v) is 15.6. The Bertz CT molecular complexity index is 51.2. The maximum absolute atomic E-state index is 5.22. The molecule has 0 saturated heterocycles. The average molecular weight is 374 g/mol. The molecule has 5 heteroatoms. The molecule has 0 rings (SSSR count). The van der Waals surface area contributed by atoms with Gasteiger partial charge in [-0.2, -0.15) is 17.3 Å². The second-order valence-corrected chi connectivity index (χ2v) is 5.27. The topological polar surface area (TPSA) is 26.0 Å². The monoisotopic (exact) mass is 375 g/mol. The Balaban J connectivity index is -0.0000000581. The van der Waals surface area contributed by atoms with Gasteiger partial charge in [0.2, 0.25) is 0 Å². The van der Waals surface area contributed by atoms with Crippen LogP contribution in [-0.2, 0) is 37.9 Å². The Morgan fingerprint density at radius 2 is 1.13 bits per heavy atom. The van der Waals surface area contributed by atoms with E-state index in [9.17, 15) is 0 Å². The summed E-state index contributed by atoms with van der Waals surface area (Å²) in [7, 11) is 0. The SMILES string of the molecule is CC[S-].CC[S-].CC[S-].NCCC[CH2][Sn+3]. The molecule has 1 nitrogen and oxygen atoms in total. The predicted molar refractivity (Wildman–Crippen MR) is 82.6 cm³/mol. The molecule has 0 aliphatic carbocycles. The molecule has 92 valence electrons. The van der Waals surface area contributed by atoms with Crippen LogP contribution in [0.5, 0.6) is 0 Å². The van der Waals surface area contributed by atoms with E-state index in [2.05, 4.69) is 37.9 Å². The fourth-order valence-corrected chi connectivity index (χ4v) is 0.983. The molecule has 15 heavy (non-hydrogen) atoms. The molecule has 0 saturated carbocycles. The number of hydrogen-bond acceptors (Lipinski definition) is 4. The molecule has 0 aromatic heterocycles. The first-order chi connectivity index (χ1) is 7.16. The van der Waals surface area contributed by atoms with Gasteiger partial charge in [-0.1, -0.05) is 20.8 Å². The summed E-state index contributed by atoms with van der Waals surface area (Å²) in [6, 6.07) is 0. The van der Waals surface area contributed by atoms with Crippen LogP contribution in [0, 0.1) is 0 Å². The van der Waals surface area contributed by atoms with Gasteiger partial charge in [0.05, 0.1) is 0 Å². The van der Waals surface area contributed by atoms with Crippen molar-refractivity contribution in [3.63, 3.8) is 0 Å². The quantitative estimate of drug-likeness (QED) is 0.464. The summed E-state index contributed by atoms with van der Waals surface area (Å²) >= 11 is 14.8. The van der Waals surface area contributed by atoms with Crippen LogP contribution in [0.1, 0.15) is 33.6 Å². The zero-order chi connectivity index (χ0) is 12.9. The summed E-state index contributed by atoms with van der Waals surface area (Å²) in [5, 5.41) is 0. The van der Waals surface area contributed by atoms with Crippen LogP contribution in [0.2, 0.25) is 4.44 Å². The van der Waals surface area contributed by atoms with E-state index in [-0.39, 0.29) is 0 Å². The normalized spacial score (nSPS) is 7.27. The van der Waals surface area contributed by atoms with Gasteiger partial charge in [0, 0.05) is 0 Å². The van der Waals surface area contributed by atoms with Gasteiger partial charge in [-0.3, -0.25) is 0 Å². The molecule has 0 fully saturated rings. The van der Waals surface area contributed by atoms with Gasteiger partial charge >= 0.3 is 52.1 Å². The van der Waals surface area contributed by atoms with Gasteiger partial charge in [0.1, 0.15) is 0 Å². The van der Waals surface area contributed by atoms with Crippen molar-refractivity contribution in [1.82, 2.24) is 0 Å². The summed E-state index contributed by atoms with van der Waals surface area (Å²) in [6.07, 6.45) is 2.54. The predicted octanol–water partition coefficient (Wildman–Crippen LogP) is 1.97. The first kappa shape index (κ1) is 25.6. The Hall–Kier alpha value is 1.81. The van der Waals surface area contributed by atoms with Gasteiger partial charge in [0.15, 0.2) is 0 Å². The number of nitrogens with two attached hydrogens (primary N) is 1. The van der Waals surface area contributed by atoms with E-state index in [0.29, 0.717) is 0 Å². The van der Waals surface area contributed by atoms with Crippen molar-refractivity contribution in [1.29, 1.82) is 0 Å². The summed E-state index contributed by atoms with van der Waals surface area (Å²) in [6.45, 7) is 6.69. The van der Waals surface area contributed by atoms with Crippen molar-refractivity contribution in [3.8, 4) is 0 Å². The molecule has 0 atom stereocenters. The Kier molecular flexibility index (Phi) is 76.3. The molecule has 0 aromatic carbocycles. The number of hydrogen-bond donors (Lipinski definition) is 1. The Morgan fingerprint density at radius 1 is 0.867 bits per heavy atom. The summed E-state index contributed by atoms with van der Waals surface area (Å²) in [4.78, 5) is 0. The van der Waals surface area contributed by atoms with Crippen LogP contribution in [0.4, 0.5) is 0 Å².